The summed E-state index contributed by atoms with van der Waals surface area (Å²) in [7, 11) is 0.412. The zero-order valence-electron chi connectivity index (χ0n) is 11.4. The van der Waals surface area contributed by atoms with E-state index in [1.54, 1.807) is 0 Å². The molecule has 0 fully saturated rings. The van der Waals surface area contributed by atoms with Gasteiger partial charge in [0, 0.05) is 18.6 Å². The van der Waals surface area contributed by atoms with Gasteiger partial charge in [-0.2, -0.15) is 0 Å². The molecule has 0 aliphatic heterocycles. The number of carbonyl (C=O) groups is 1. The molecule has 0 aromatic heterocycles. The molecular weight excluding hydrogens is 232 g/mol. The number of hydrogen-bond acceptors (Lipinski definition) is 3. The Morgan fingerprint density at radius 2 is 2.18 bits per heavy atom. The van der Waals surface area contributed by atoms with Gasteiger partial charge < -0.3 is 9.53 Å². The number of allylic oxidation sites excluding steroid dienone is 1. The lowest BCUT2D eigenvalue weighted by Crippen LogP contribution is -2.08. The Kier molecular flexibility index (Phi) is 10.2. The van der Waals surface area contributed by atoms with Gasteiger partial charge in [-0.3, -0.25) is 0 Å². The second-order valence-corrected chi connectivity index (χ2v) is 4.76. The summed E-state index contributed by atoms with van der Waals surface area (Å²) in [5, 5.41) is 8.91. The van der Waals surface area contributed by atoms with Crippen molar-refractivity contribution in [2.75, 3.05) is 6.61 Å². The number of carbonyl (C=O) groups excluding carboxylic acids is 1. The predicted octanol–water partition coefficient (Wildman–Crippen LogP) is 1.73. The molecule has 0 rings (SSSR count). The molecule has 0 bridgehead atoms. The molecule has 100 valence electrons. The maximum Gasteiger partial charge on any atom is 0.319 e. The highest BCUT2D eigenvalue weighted by molar-refractivity contribution is 6.09. The number of hydrogen-bond donors (Lipinski definition) is 1. The average molecular weight is 258 g/mol. The second-order valence-electron chi connectivity index (χ2n) is 4.35. The van der Waals surface area contributed by atoms with E-state index in [1.807, 2.05) is 6.08 Å². The van der Waals surface area contributed by atoms with Gasteiger partial charge in [-0.05, 0) is 12.3 Å². The lowest BCUT2D eigenvalue weighted by atomic mass is 9.94. The summed E-state index contributed by atoms with van der Waals surface area (Å²) in [5.74, 6) is 0.390. The van der Waals surface area contributed by atoms with Gasteiger partial charge in [0.1, 0.15) is 0 Å². The van der Waals surface area contributed by atoms with Crippen molar-refractivity contribution < 1.29 is 14.3 Å². The monoisotopic (exact) mass is 258 g/mol. The van der Waals surface area contributed by atoms with E-state index in [4.69, 9.17) is 9.53 Å². The smallest absolute Gasteiger partial charge is 0.319 e. The molecule has 1 unspecified atom stereocenters. The summed E-state index contributed by atoms with van der Waals surface area (Å²) in [6.07, 6.45) is 8.10. The van der Waals surface area contributed by atoms with Crippen LogP contribution in [0.25, 0.3) is 0 Å². The second kappa shape index (κ2) is 10.5. The molecule has 0 aliphatic carbocycles. The quantitative estimate of drug-likeness (QED) is 0.506. The van der Waals surface area contributed by atoms with Gasteiger partial charge in [-0.15, -0.1) is 0 Å². The Balaban J connectivity index is 4.33. The summed E-state index contributed by atoms with van der Waals surface area (Å²) < 4.78 is 4.83. The van der Waals surface area contributed by atoms with Crippen LogP contribution in [-0.4, -0.2) is 28.2 Å². The van der Waals surface area contributed by atoms with Crippen LogP contribution in [0.15, 0.2) is 11.6 Å². The van der Waals surface area contributed by atoms with Crippen LogP contribution in [0.3, 0.4) is 0 Å². The van der Waals surface area contributed by atoms with Gasteiger partial charge in [0.25, 0.3) is 0 Å². The van der Waals surface area contributed by atoms with E-state index in [-0.39, 0.29) is 12.6 Å². The van der Waals surface area contributed by atoms with Crippen LogP contribution in [0.5, 0.6) is 0 Å². The predicted molar refractivity (Wildman–Crippen MR) is 73.7 cm³/mol. The van der Waals surface area contributed by atoms with E-state index in [2.05, 4.69) is 13.8 Å². The maximum atomic E-state index is 11.4. The largest absolute Gasteiger partial charge is 0.526 e. The standard InChI is InChI=1S/C13H26O3Si/c1-3-5-6-11(4-2)7-8-12(9-10-14)13(15)16-17/h8,11,14H,3-7,9-10H2,1-2,17H3. The fraction of sp³-hybridized carbons (Fsp3) is 0.769. The first-order valence-electron chi connectivity index (χ1n) is 6.57. The Labute approximate surface area is 108 Å². The first-order chi connectivity index (χ1) is 8.19. The van der Waals surface area contributed by atoms with Gasteiger partial charge in [0.2, 0.25) is 10.5 Å². The van der Waals surface area contributed by atoms with E-state index in [1.165, 1.54) is 19.3 Å². The van der Waals surface area contributed by atoms with Crippen molar-refractivity contribution in [3.63, 3.8) is 0 Å². The van der Waals surface area contributed by atoms with Crippen molar-refractivity contribution in [3.05, 3.63) is 11.6 Å². The van der Waals surface area contributed by atoms with Crippen LogP contribution >= 0.6 is 0 Å². The minimum Gasteiger partial charge on any atom is -0.526 e. The number of rotatable bonds is 9. The number of aliphatic hydroxyl groups is 1. The molecule has 0 heterocycles. The van der Waals surface area contributed by atoms with Crippen LogP contribution in [0.4, 0.5) is 0 Å². The van der Waals surface area contributed by atoms with Gasteiger partial charge in [-0.25, -0.2) is 4.79 Å². The highest BCUT2D eigenvalue weighted by Gasteiger charge is 2.10. The summed E-state index contributed by atoms with van der Waals surface area (Å²) in [6, 6.07) is 0. The Hall–Kier alpha value is -0.613. The van der Waals surface area contributed by atoms with E-state index in [9.17, 15) is 4.79 Å². The first-order valence-corrected chi connectivity index (χ1v) is 7.39. The zero-order chi connectivity index (χ0) is 13.1. The molecule has 4 heteroatoms. The molecule has 3 nitrogen and oxygen atoms in total. The highest BCUT2D eigenvalue weighted by Crippen LogP contribution is 2.19. The topological polar surface area (TPSA) is 46.5 Å². The number of aliphatic hydroxyl groups excluding tert-OH is 1. The summed E-state index contributed by atoms with van der Waals surface area (Å²) in [6.45, 7) is 4.39. The fourth-order valence-electron chi connectivity index (χ4n) is 1.83. The van der Waals surface area contributed by atoms with Gasteiger partial charge >= 0.3 is 5.97 Å². The molecule has 0 aliphatic rings. The minimum absolute atomic E-state index is 0.00818. The van der Waals surface area contributed by atoms with Crippen LogP contribution < -0.4 is 0 Å². The molecule has 0 spiro atoms. The normalized spacial score (nSPS) is 13.7. The lowest BCUT2D eigenvalue weighted by Gasteiger charge is -2.12. The maximum absolute atomic E-state index is 11.4. The number of unbranched alkanes of at least 4 members (excludes halogenated alkanes) is 1. The lowest BCUT2D eigenvalue weighted by molar-refractivity contribution is -0.130. The van der Waals surface area contributed by atoms with E-state index in [0.29, 0.717) is 28.4 Å². The Morgan fingerprint density at radius 3 is 2.65 bits per heavy atom. The molecule has 1 N–H and O–H groups in total. The van der Waals surface area contributed by atoms with Crippen molar-refractivity contribution in [3.8, 4) is 0 Å². The third kappa shape index (κ3) is 7.34. The summed E-state index contributed by atoms with van der Waals surface area (Å²) in [5.41, 5.74) is 0.637. The van der Waals surface area contributed by atoms with Crippen molar-refractivity contribution in [2.45, 2.75) is 52.4 Å². The SMILES string of the molecule is CCCCC(CC)CC=C(CCO)C(=O)O[SiH3]. The fourth-order valence-corrected chi connectivity index (χ4v) is 2.09. The van der Waals surface area contributed by atoms with Crippen molar-refractivity contribution in [1.29, 1.82) is 0 Å². The summed E-state index contributed by atoms with van der Waals surface area (Å²) >= 11 is 0. The Morgan fingerprint density at radius 1 is 1.47 bits per heavy atom. The van der Waals surface area contributed by atoms with Crippen molar-refractivity contribution >= 4 is 16.5 Å². The van der Waals surface area contributed by atoms with Crippen molar-refractivity contribution in [2.24, 2.45) is 5.92 Å². The van der Waals surface area contributed by atoms with Crippen molar-refractivity contribution in [1.82, 2.24) is 0 Å². The van der Waals surface area contributed by atoms with Crippen LogP contribution in [0, 0.1) is 5.92 Å². The molecule has 0 aromatic rings. The van der Waals surface area contributed by atoms with Gasteiger partial charge in [0.05, 0.1) is 0 Å². The van der Waals surface area contributed by atoms with E-state index in [0.717, 1.165) is 12.8 Å². The minimum atomic E-state index is -0.254. The highest BCUT2D eigenvalue weighted by atomic mass is 28.2. The van der Waals surface area contributed by atoms with Crippen LogP contribution in [0.1, 0.15) is 52.4 Å². The molecule has 0 radical (unpaired) electrons. The molecular formula is C13H26O3Si. The summed E-state index contributed by atoms with van der Waals surface area (Å²) in [4.78, 5) is 11.4. The molecule has 1 atom stereocenters. The Bertz CT molecular complexity index is 239. The molecule has 0 aromatic carbocycles. The van der Waals surface area contributed by atoms with E-state index < -0.39 is 0 Å². The van der Waals surface area contributed by atoms with Crippen LogP contribution in [0.2, 0.25) is 0 Å². The zero-order valence-corrected chi connectivity index (χ0v) is 13.4. The molecule has 0 saturated carbocycles. The molecule has 17 heavy (non-hydrogen) atoms. The third-order valence-electron chi connectivity index (χ3n) is 3.07. The van der Waals surface area contributed by atoms with Crippen LogP contribution in [-0.2, 0) is 9.22 Å². The first kappa shape index (κ1) is 16.4. The molecule has 0 saturated heterocycles. The average Bonchev–Trinajstić information content (AvgIpc) is 2.36. The van der Waals surface area contributed by atoms with Gasteiger partial charge in [-0.1, -0.05) is 45.6 Å². The van der Waals surface area contributed by atoms with Gasteiger partial charge in [0.15, 0.2) is 0 Å². The van der Waals surface area contributed by atoms with E-state index >= 15 is 0 Å². The molecule has 0 amide bonds. The third-order valence-corrected chi connectivity index (χ3v) is 3.44.